The number of aromatic nitrogens is 2. The summed E-state index contributed by atoms with van der Waals surface area (Å²) in [5, 5.41) is 12.2. The number of nitrogens with zero attached hydrogens (tertiary/aromatic N) is 2. The second-order valence-electron chi connectivity index (χ2n) is 4.23. The summed E-state index contributed by atoms with van der Waals surface area (Å²) >= 11 is 5.03. The molecule has 3 aromatic rings. The Morgan fingerprint density at radius 2 is 2.05 bits per heavy atom. The molecular formula is C14H11BrN2OS. The Labute approximate surface area is 123 Å². The van der Waals surface area contributed by atoms with E-state index in [1.165, 1.54) is 0 Å². The first-order valence-corrected chi connectivity index (χ1v) is 7.52. The van der Waals surface area contributed by atoms with Gasteiger partial charge >= 0.3 is 0 Å². The van der Waals surface area contributed by atoms with Crippen LogP contribution in [0.25, 0.3) is 11.0 Å². The van der Waals surface area contributed by atoms with Crippen LogP contribution < -0.4 is 0 Å². The summed E-state index contributed by atoms with van der Waals surface area (Å²) < 4.78 is 1.05. The Kier molecular flexibility index (Phi) is 3.59. The summed E-state index contributed by atoms with van der Waals surface area (Å²) in [5.74, 6) is 0. The number of aliphatic hydroxyl groups is 1. The molecule has 0 aliphatic heterocycles. The fraction of sp³-hybridized carbons (Fsp3) is 0.143. The second-order valence-corrected chi connectivity index (χ2v) is 6.15. The van der Waals surface area contributed by atoms with Crippen molar-refractivity contribution in [2.45, 2.75) is 12.5 Å². The SMILES string of the molecule is OC(Cc1cc(Br)cs1)c1cnc2ccccc2n1. The molecule has 0 amide bonds. The van der Waals surface area contributed by atoms with Crippen LogP contribution in [-0.2, 0) is 6.42 Å². The topological polar surface area (TPSA) is 46.0 Å². The number of para-hydroxylation sites is 2. The van der Waals surface area contributed by atoms with Gasteiger partial charge in [0.05, 0.1) is 22.9 Å². The van der Waals surface area contributed by atoms with Gasteiger partial charge in [0.25, 0.3) is 0 Å². The van der Waals surface area contributed by atoms with E-state index >= 15 is 0 Å². The van der Waals surface area contributed by atoms with E-state index in [0.717, 1.165) is 20.4 Å². The van der Waals surface area contributed by atoms with Crippen molar-refractivity contribution in [2.75, 3.05) is 0 Å². The smallest absolute Gasteiger partial charge is 0.102 e. The molecule has 0 saturated heterocycles. The first-order valence-electron chi connectivity index (χ1n) is 5.85. The summed E-state index contributed by atoms with van der Waals surface area (Å²) in [6.45, 7) is 0. The normalized spacial score (nSPS) is 12.7. The van der Waals surface area contributed by atoms with Crippen molar-refractivity contribution in [1.82, 2.24) is 9.97 Å². The van der Waals surface area contributed by atoms with E-state index in [2.05, 4.69) is 25.9 Å². The minimum atomic E-state index is -0.623. The van der Waals surface area contributed by atoms with Crippen LogP contribution in [0.2, 0.25) is 0 Å². The van der Waals surface area contributed by atoms with Crippen molar-refractivity contribution in [3.8, 4) is 0 Å². The lowest BCUT2D eigenvalue weighted by atomic mass is 10.1. The average Bonchev–Trinajstić information content (AvgIpc) is 2.83. The lowest BCUT2D eigenvalue weighted by Crippen LogP contribution is -2.04. The lowest BCUT2D eigenvalue weighted by Gasteiger charge is -2.09. The fourth-order valence-corrected chi connectivity index (χ4v) is 3.38. The number of rotatable bonds is 3. The minimum absolute atomic E-state index is 0.559. The van der Waals surface area contributed by atoms with Crippen molar-refractivity contribution in [2.24, 2.45) is 0 Å². The largest absolute Gasteiger partial charge is 0.386 e. The zero-order chi connectivity index (χ0) is 13.2. The first-order chi connectivity index (χ1) is 9.22. The quantitative estimate of drug-likeness (QED) is 0.793. The minimum Gasteiger partial charge on any atom is -0.386 e. The summed E-state index contributed by atoms with van der Waals surface area (Å²) in [7, 11) is 0. The van der Waals surface area contributed by atoms with Crippen LogP contribution in [0.3, 0.4) is 0 Å². The number of hydrogen-bond donors (Lipinski definition) is 1. The molecule has 0 saturated carbocycles. The summed E-state index contributed by atoms with van der Waals surface area (Å²) in [6.07, 6.45) is 1.58. The molecule has 1 N–H and O–H groups in total. The van der Waals surface area contributed by atoms with Crippen LogP contribution in [0.15, 0.2) is 46.4 Å². The fourth-order valence-electron chi connectivity index (χ4n) is 1.89. The van der Waals surface area contributed by atoms with Crippen LogP contribution in [0, 0.1) is 0 Å². The number of halogens is 1. The zero-order valence-electron chi connectivity index (χ0n) is 9.95. The molecule has 0 aliphatic rings. The summed E-state index contributed by atoms with van der Waals surface area (Å²) in [4.78, 5) is 9.90. The average molecular weight is 335 g/mol. The van der Waals surface area contributed by atoms with Crippen molar-refractivity contribution in [3.05, 3.63) is 57.0 Å². The highest BCUT2D eigenvalue weighted by Crippen LogP contribution is 2.25. The number of aliphatic hydroxyl groups excluding tert-OH is 1. The van der Waals surface area contributed by atoms with Gasteiger partial charge in [-0.15, -0.1) is 11.3 Å². The van der Waals surface area contributed by atoms with Gasteiger partial charge in [-0.3, -0.25) is 4.98 Å². The number of hydrogen-bond acceptors (Lipinski definition) is 4. The summed E-state index contributed by atoms with van der Waals surface area (Å²) in [5.41, 5.74) is 2.27. The third-order valence-electron chi connectivity index (χ3n) is 2.82. The highest BCUT2D eigenvalue weighted by molar-refractivity contribution is 9.10. The van der Waals surface area contributed by atoms with Crippen molar-refractivity contribution < 1.29 is 5.11 Å². The van der Waals surface area contributed by atoms with Crippen LogP contribution in [0.4, 0.5) is 0 Å². The molecule has 0 spiro atoms. The molecule has 2 heterocycles. The molecule has 1 unspecified atom stereocenters. The van der Waals surface area contributed by atoms with Gasteiger partial charge in [0.2, 0.25) is 0 Å². The molecule has 96 valence electrons. The Balaban J connectivity index is 1.86. The number of thiophene rings is 1. The van der Waals surface area contributed by atoms with E-state index in [1.54, 1.807) is 17.5 Å². The molecule has 1 atom stereocenters. The standard InChI is InChI=1S/C14H11BrN2OS/c15-9-5-10(19-8-9)6-14(18)13-7-16-11-3-1-2-4-12(11)17-13/h1-5,7-8,14,18H,6H2. The van der Waals surface area contributed by atoms with Gasteiger partial charge in [0.1, 0.15) is 6.10 Å². The van der Waals surface area contributed by atoms with E-state index in [1.807, 2.05) is 35.7 Å². The maximum absolute atomic E-state index is 10.2. The predicted molar refractivity (Wildman–Crippen MR) is 80.2 cm³/mol. The van der Waals surface area contributed by atoms with E-state index in [0.29, 0.717) is 12.1 Å². The Bertz CT molecular complexity index is 713. The van der Waals surface area contributed by atoms with Gasteiger partial charge < -0.3 is 5.11 Å². The molecule has 3 rings (SSSR count). The molecule has 5 heteroatoms. The van der Waals surface area contributed by atoms with Gasteiger partial charge in [0, 0.05) is 21.2 Å². The van der Waals surface area contributed by atoms with Gasteiger partial charge in [-0.2, -0.15) is 0 Å². The second kappa shape index (κ2) is 5.36. The predicted octanol–water partition coefficient (Wildman–Crippen LogP) is 3.73. The molecule has 0 radical (unpaired) electrons. The number of benzene rings is 1. The molecule has 3 nitrogen and oxygen atoms in total. The number of fused-ring (bicyclic) bond motifs is 1. The maximum atomic E-state index is 10.2. The molecular weight excluding hydrogens is 324 g/mol. The Hall–Kier alpha value is -1.30. The monoisotopic (exact) mass is 334 g/mol. The van der Waals surface area contributed by atoms with E-state index < -0.39 is 6.10 Å². The molecule has 19 heavy (non-hydrogen) atoms. The van der Waals surface area contributed by atoms with Crippen LogP contribution in [-0.4, -0.2) is 15.1 Å². The highest BCUT2D eigenvalue weighted by Gasteiger charge is 2.12. The van der Waals surface area contributed by atoms with Gasteiger partial charge in [0.15, 0.2) is 0 Å². The van der Waals surface area contributed by atoms with Crippen LogP contribution in [0.1, 0.15) is 16.7 Å². The molecule has 2 aromatic heterocycles. The lowest BCUT2D eigenvalue weighted by molar-refractivity contribution is 0.174. The molecule has 0 bridgehead atoms. The zero-order valence-corrected chi connectivity index (χ0v) is 12.4. The van der Waals surface area contributed by atoms with Crippen molar-refractivity contribution >= 4 is 38.3 Å². The molecule has 0 fully saturated rings. The van der Waals surface area contributed by atoms with Crippen molar-refractivity contribution in [3.63, 3.8) is 0 Å². The Morgan fingerprint density at radius 3 is 2.79 bits per heavy atom. The highest BCUT2D eigenvalue weighted by atomic mass is 79.9. The van der Waals surface area contributed by atoms with E-state index in [9.17, 15) is 5.11 Å². The van der Waals surface area contributed by atoms with E-state index in [-0.39, 0.29) is 0 Å². The Morgan fingerprint density at radius 1 is 1.26 bits per heavy atom. The first kappa shape index (κ1) is 12.7. The third kappa shape index (κ3) is 2.83. The third-order valence-corrected chi connectivity index (χ3v) is 4.54. The van der Waals surface area contributed by atoms with Gasteiger partial charge in [-0.1, -0.05) is 12.1 Å². The maximum Gasteiger partial charge on any atom is 0.102 e. The van der Waals surface area contributed by atoms with Crippen LogP contribution in [0.5, 0.6) is 0 Å². The van der Waals surface area contributed by atoms with Gasteiger partial charge in [-0.05, 0) is 34.1 Å². The van der Waals surface area contributed by atoms with Crippen LogP contribution >= 0.6 is 27.3 Å². The summed E-state index contributed by atoms with van der Waals surface area (Å²) in [6, 6.07) is 9.68. The van der Waals surface area contributed by atoms with Gasteiger partial charge in [-0.25, -0.2) is 4.98 Å². The van der Waals surface area contributed by atoms with Crippen molar-refractivity contribution in [1.29, 1.82) is 0 Å². The molecule has 0 aliphatic carbocycles. The van der Waals surface area contributed by atoms with E-state index in [4.69, 9.17) is 0 Å². The molecule has 1 aromatic carbocycles.